The molecule has 2 rings (SSSR count). The molecule has 0 amide bonds. The number of ether oxygens (including phenoxy) is 1. The first kappa shape index (κ1) is 14.0. The molecule has 1 N–H and O–H groups in total. The quantitative estimate of drug-likeness (QED) is 0.505. The van der Waals surface area contributed by atoms with Gasteiger partial charge in [-0.15, -0.1) is 0 Å². The second kappa shape index (κ2) is 6.12. The van der Waals surface area contributed by atoms with Gasteiger partial charge in [0.25, 0.3) is 5.69 Å². The molecule has 1 aliphatic heterocycles. The molecule has 0 bridgehead atoms. The number of non-ortho nitro benzene ring substituents is 1. The Hall–Kier alpha value is -2.46. The Morgan fingerprint density at radius 2 is 2.15 bits per heavy atom. The van der Waals surface area contributed by atoms with Gasteiger partial charge < -0.3 is 10.1 Å². The van der Waals surface area contributed by atoms with Crippen molar-refractivity contribution in [2.75, 3.05) is 13.1 Å². The SMILES string of the molecule is N#C[C@@H]1CNCCC1OC(=O)c1ccc([N+](=O)[O-])cc1. The van der Waals surface area contributed by atoms with Crippen molar-refractivity contribution >= 4 is 11.7 Å². The summed E-state index contributed by atoms with van der Waals surface area (Å²) in [5, 5.41) is 22.6. The fourth-order valence-corrected chi connectivity index (χ4v) is 2.03. The summed E-state index contributed by atoms with van der Waals surface area (Å²) in [4.78, 5) is 21.9. The molecule has 7 heteroatoms. The molecule has 1 heterocycles. The third-order valence-corrected chi connectivity index (χ3v) is 3.16. The van der Waals surface area contributed by atoms with E-state index in [0.29, 0.717) is 19.5 Å². The van der Waals surface area contributed by atoms with Crippen LogP contribution >= 0.6 is 0 Å². The standard InChI is InChI=1S/C13H13N3O4/c14-7-10-8-15-6-5-12(10)20-13(17)9-1-3-11(4-2-9)16(18)19/h1-4,10,12,15H,5-6,8H2/t10-,12?/m1/s1. The highest BCUT2D eigenvalue weighted by Crippen LogP contribution is 2.18. The fourth-order valence-electron chi connectivity index (χ4n) is 2.03. The van der Waals surface area contributed by atoms with Gasteiger partial charge in [0.05, 0.1) is 22.5 Å². The highest BCUT2D eigenvalue weighted by molar-refractivity contribution is 5.89. The van der Waals surface area contributed by atoms with Crippen LogP contribution in [0, 0.1) is 27.4 Å². The van der Waals surface area contributed by atoms with Gasteiger partial charge in [0.2, 0.25) is 0 Å². The molecule has 7 nitrogen and oxygen atoms in total. The summed E-state index contributed by atoms with van der Waals surface area (Å²) in [5.74, 6) is -0.933. The van der Waals surface area contributed by atoms with Crippen molar-refractivity contribution in [1.29, 1.82) is 5.26 Å². The summed E-state index contributed by atoms with van der Waals surface area (Å²) in [6.45, 7) is 1.19. The van der Waals surface area contributed by atoms with Crippen molar-refractivity contribution in [3.05, 3.63) is 39.9 Å². The van der Waals surface area contributed by atoms with Crippen LogP contribution in [0.2, 0.25) is 0 Å². The lowest BCUT2D eigenvalue weighted by Gasteiger charge is -2.27. The molecular weight excluding hydrogens is 262 g/mol. The van der Waals surface area contributed by atoms with Gasteiger partial charge in [-0.05, 0) is 25.1 Å². The Bertz CT molecular complexity index is 550. The molecule has 1 fully saturated rings. The average Bonchev–Trinajstić information content (AvgIpc) is 2.48. The molecule has 104 valence electrons. The molecule has 0 aliphatic carbocycles. The Morgan fingerprint density at radius 1 is 1.45 bits per heavy atom. The van der Waals surface area contributed by atoms with Crippen LogP contribution in [0.25, 0.3) is 0 Å². The number of esters is 1. The normalized spacial score (nSPS) is 21.8. The molecule has 1 aliphatic rings. The highest BCUT2D eigenvalue weighted by atomic mass is 16.6. The van der Waals surface area contributed by atoms with Crippen LogP contribution in [-0.2, 0) is 4.74 Å². The molecule has 0 aromatic heterocycles. The first-order valence-corrected chi connectivity index (χ1v) is 6.17. The number of hydrogen-bond donors (Lipinski definition) is 1. The van der Waals surface area contributed by atoms with Crippen LogP contribution in [0.15, 0.2) is 24.3 Å². The minimum absolute atomic E-state index is 0.0849. The number of carbonyl (C=O) groups is 1. The van der Waals surface area contributed by atoms with E-state index in [1.54, 1.807) is 0 Å². The van der Waals surface area contributed by atoms with Gasteiger partial charge in [-0.2, -0.15) is 5.26 Å². The number of nitrogens with zero attached hydrogens (tertiary/aromatic N) is 2. The summed E-state index contributed by atoms with van der Waals surface area (Å²) in [5.41, 5.74) is 0.157. The van der Waals surface area contributed by atoms with Crippen molar-refractivity contribution in [3.8, 4) is 6.07 Å². The summed E-state index contributed by atoms with van der Waals surface area (Å²) < 4.78 is 5.31. The second-order valence-electron chi connectivity index (χ2n) is 4.48. The van der Waals surface area contributed by atoms with E-state index in [0.717, 1.165) is 0 Å². The Morgan fingerprint density at radius 3 is 2.75 bits per heavy atom. The van der Waals surface area contributed by atoms with Crippen molar-refractivity contribution in [2.45, 2.75) is 12.5 Å². The number of benzene rings is 1. The minimum atomic E-state index is -0.563. The van der Waals surface area contributed by atoms with E-state index in [9.17, 15) is 14.9 Å². The first-order chi connectivity index (χ1) is 9.61. The van der Waals surface area contributed by atoms with E-state index in [-0.39, 0.29) is 17.2 Å². The van der Waals surface area contributed by atoms with Gasteiger partial charge >= 0.3 is 5.97 Å². The molecule has 0 saturated carbocycles. The number of nitriles is 1. The molecule has 1 aromatic carbocycles. The van der Waals surface area contributed by atoms with Crippen LogP contribution in [0.5, 0.6) is 0 Å². The molecule has 0 radical (unpaired) electrons. The lowest BCUT2D eigenvalue weighted by atomic mass is 9.97. The van der Waals surface area contributed by atoms with Gasteiger partial charge in [-0.3, -0.25) is 10.1 Å². The minimum Gasteiger partial charge on any atom is -0.457 e. The zero-order valence-electron chi connectivity index (χ0n) is 10.6. The zero-order chi connectivity index (χ0) is 14.5. The number of nitro benzene ring substituents is 1. The molecule has 20 heavy (non-hydrogen) atoms. The van der Waals surface area contributed by atoms with Gasteiger partial charge in [0.15, 0.2) is 0 Å². The number of nitrogens with one attached hydrogen (secondary N) is 1. The van der Waals surface area contributed by atoms with Crippen molar-refractivity contribution in [3.63, 3.8) is 0 Å². The van der Waals surface area contributed by atoms with Crippen molar-refractivity contribution < 1.29 is 14.5 Å². The third kappa shape index (κ3) is 3.10. The van der Waals surface area contributed by atoms with Crippen molar-refractivity contribution in [2.24, 2.45) is 5.92 Å². The van der Waals surface area contributed by atoms with Crippen LogP contribution < -0.4 is 5.32 Å². The van der Waals surface area contributed by atoms with E-state index in [4.69, 9.17) is 10.00 Å². The molecule has 1 aromatic rings. The monoisotopic (exact) mass is 275 g/mol. The predicted octanol–water partition coefficient (Wildman–Crippen LogP) is 1.25. The van der Waals surface area contributed by atoms with E-state index in [2.05, 4.69) is 11.4 Å². The highest BCUT2D eigenvalue weighted by Gasteiger charge is 2.28. The van der Waals surface area contributed by atoms with E-state index in [1.807, 2.05) is 0 Å². The lowest BCUT2D eigenvalue weighted by molar-refractivity contribution is -0.384. The zero-order valence-corrected chi connectivity index (χ0v) is 10.6. The summed E-state index contributed by atoms with van der Waals surface area (Å²) >= 11 is 0. The Kier molecular flexibility index (Phi) is 4.27. The number of nitro groups is 1. The van der Waals surface area contributed by atoms with Crippen molar-refractivity contribution in [1.82, 2.24) is 5.32 Å². The lowest BCUT2D eigenvalue weighted by Crippen LogP contribution is -2.41. The Labute approximate surface area is 115 Å². The molecule has 1 unspecified atom stereocenters. The first-order valence-electron chi connectivity index (χ1n) is 6.17. The smallest absolute Gasteiger partial charge is 0.338 e. The van der Waals surface area contributed by atoms with E-state index >= 15 is 0 Å². The number of rotatable bonds is 3. The average molecular weight is 275 g/mol. The molecule has 2 atom stereocenters. The maximum absolute atomic E-state index is 11.9. The maximum atomic E-state index is 11.9. The van der Waals surface area contributed by atoms with Crippen LogP contribution in [-0.4, -0.2) is 30.1 Å². The number of carbonyl (C=O) groups excluding carboxylic acids is 1. The maximum Gasteiger partial charge on any atom is 0.338 e. The Balaban J connectivity index is 2.04. The van der Waals surface area contributed by atoms with E-state index in [1.165, 1.54) is 24.3 Å². The van der Waals surface area contributed by atoms with Crippen LogP contribution in [0.4, 0.5) is 5.69 Å². The summed E-state index contributed by atoms with van der Waals surface area (Å²) in [6.07, 6.45) is 0.140. The van der Waals surface area contributed by atoms with Crippen LogP contribution in [0.3, 0.4) is 0 Å². The third-order valence-electron chi connectivity index (χ3n) is 3.16. The summed E-state index contributed by atoms with van der Waals surface area (Å²) in [6, 6.07) is 7.31. The fraction of sp³-hybridized carbons (Fsp3) is 0.385. The van der Waals surface area contributed by atoms with Gasteiger partial charge in [-0.25, -0.2) is 4.79 Å². The molecular formula is C13H13N3O4. The van der Waals surface area contributed by atoms with Gasteiger partial charge in [0, 0.05) is 18.7 Å². The second-order valence-corrected chi connectivity index (χ2v) is 4.48. The number of hydrogen-bond acceptors (Lipinski definition) is 6. The summed E-state index contributed by atoms with van der Waals surface area (Å²) in [7, 11) is 0. The van der Waals surface area contributed by atoms with Gasteiger partial charge in [0.1, 0.15) is 6.10 Å². The molecule has 0 spiro atoms. The molecule has 1 saturated heterocycles. The predicted molar refractivity (Wildman–Crippen MR) is 68.9 cm³/mol. The largest absolute Gasteiger partial charge is 0.457 e. The topological polar surface area (TPSA) is 105 Å². The van der Waals surface area contributed by atoms with Crippen LogP contribution in [0.1, 0.15) is 16.8 Å². The number of piperidine rings is 1. The van der Waals surface area contributed by atoms with Gasteiger partial charge in [-0.1, -0.05) is 0 Å². The van der Waals surface area contributed by atoms with E-state index < -0.39 is 17.0 Å².